The number of nitrogens with zero attached hydrogens (tertiary/aromatic N) is 1. The largest absolute Gasteiger partial charge is 0.346 e. The minimum absolute atomic E-state index is 0.297. The fraction of sp³-hybridized carbons (Fsp3) is 0. The maximum atomic E-state index is 10.6. The van der Waals surface area contributed by atoms with Gasteiger partial charge in [-0.15, -0.1) is 0 Å². The molecule has 2 amide bonds. The van der Waals surface area contributed by atoms with Crippen LogP contribution in [-0.4, -0.2) is 6.03 Å². The zero-order valence-electron chi connectivity index (χ0n) is 5.09. The second kappa shape index (κ2) is 1.73. The SMILES string of the molecule is O=C1[N]c2c[c]ccc2N1. The third-order valence-electron chi connectivity index (χ3n) is 1.31. The molecule has 0 saturated carbocycles. The quantitative estimate of drug-likeness (QED) is 0.567. The first-order chi connectivity index (χ1) is 4.86. The van der Waals surface area contributed by atoms with Gasteiger partial charge in [0.05, 0.1) is 11.4 Å². The van der Waals surface area contributed by atoms with E-state index in [2.05, 4.69) is 16.7 Å². The van der Waals surface area contributed by atoms with E-state index in [4.69, 9.17) is 0 Å². The Balaban J connectivity index is 2.51. The van der Waals surface area contributed by atoms with Gasteiger partial charge >= 0.3 is 6.03 Å². The number of carbonyl (C=O) groups is 1. The highest BCUT2D eigenvalue weighted by molar-refractivity contribution is 6.01. The molecule has 1 aromatic rings. The van der Waals surface area contributed by atoms with E-state index in [1.807, 2.05) is 0 Å². The van der Waals surface area contributed by atoms with E-state index in [-0.39, 0.29) is 6.03 Å². The molecule has 3 heteroatoms. The summed E-state index contributed by atoms with van der Waals surface area (Å²) < 4.78 is 0. The zero-order valence-corrected chi connectivity index (χ0v) is 5.09. The first kappa shape index (κ1) is 5.29. The summed E-state index contributed by atoms with van der Waals surface area (Å²) in [5.74, 6) is 0. The van der Waals surface area contributed by atoms with E-state index < -0.39 is 0 Å². The van der Waals surface area contributed by atoms with Crippen LogP contribution in [0.25, 0.3) is 0 Å². The lowest BCUT2D eigenvalue weighted by Gasteiger charge is -1.89. The molecule has 1 heterocycles. The lowest BCUT2D eigenvalue weighted by Crippen LogP contribution is -2.08. The van der Waals surface area contributed by atoms with E-state index in [1.54, 1.807) is 18.2 Å². The number of hydrogen-bond acceptors (Lipinski definition) is 1. The monoisotopic (exact) mass is 132 g/mol. The molecular formula is C7H4N2O. The van der Waals surface area contributed by atoms with Gasteiger partial charge in [-0.1, -0.05) is 6.07 Å². The molecular weight excluding hydrogens is 128 g/mol. The van der Waals surface area contributed by atoms with Gasteiger partial charge < -0.3 is 5.32 Å². The average Bonchev–Trinajstić information content (AvgIpc) is 2.27. The fourth-order valence-electron chi connectivity index (χ4n) is 0.872. The van der Waals surface area contributed by atoms with E-state index >= 15 is 0 Å². The number of carbonyl (C=O) groups excluding carboxylic acids is 1. The van der Waals surface area contributed by atoms with Gasteiger partial charge in [-0.05, 0) is 18.2 Å². The maximum absolute atomic E-state index is 10.6. The Morgan fingerprint density at radius 2 is 2.50 bits per heavy atom. The van der Waals surface area contributed by atoms with Gasteiger partial charge in [0.1, 0.15) is 0 Å². The number of anilines is 1. The standard InChI is InChI=1S/C7H4N2O/c10-7-8-5-3-1-2-4-6(5)9-7/h1,3-4H,(H,8,10). The molecule has 2 radical (unpaired) electrons. The summed E-state index contributed by atoms with van der Waals surface area (Å²) in [6, 6.07) is 7.71. The lowest BCUT2D eigenvalue weighted by molar-refractivity contribution is 0.256. The van der Waals surface area contributed by atoms with Crippen LogP contribution in [0.3, 0.4) is 0 Å². The van der Waals surface area contributed by atoms with Crippen molar-refractivity contribution in [3.63, 3.8) is 0 Å². The molecule has 3 nitrogen and oxygen atoms in total. The van der Waals surface area contributed by atoms with Crippen LogP contribution in [0.1, 0.15) is 0 Å². The number of amides is 2. The summed E-state index contributed by atoms with van der Waals surface area (Å²) >= 11 is 0. The summed E-state index contributed by atoms with van der Waals surface area (Å²) in [7, 11) is 0. The van der Waals surface area contributed by atoms with Gasteiger partial charge in [0.2, 0.25) is 0 Å². The predicted octanol–water partition coefficient (Wildman–Crippen LogP) is 1.27. The van der Waals surface area contributed by atoms with E-state index in [1.165, 1.54) is 0 Å². The Morgan fingerprint density at radius 1 is 1.60 bits per heavy atom. The van der Waals surface area contributed by atoms with Crippen molar-refractivity contribution in [2.45, 2.75) is 0 Å². The van der Waals surface area contributed by atoms with Crippen LogP contribution in [0.15, 0.2) is 18.2 Å². The number of rotatable bonds is 0. The van der Waals surface area contributed by atoms with Crippen LogP contribution in [-0.2, 0) is 0 Å². The fourth-order valence-corrected chi connectivity index (χ4v) is 0.872. The van der Waals surface area contributed by atoms with Crippen LogP contribution in [0.2, 0.25) is 0 Å². The third kappa shape index (κ3) is 0.639. The molecule has 0 spiro atoms. The summed E-state index contributed by atoms with van der Waals surface area (Å²) in [5.41, 5.74) is 1.44. The minimum Gasteiger partial charge on any atom is -0.304 e. The van der Waals surface area contributed by atoms with Gasteiger partial charge in [0.15, 0.2) is 0 Å². The molecule has 0 atom stereocenters. The van der Waals surface area contributed by atoms with Crippen molar-refractivity contribution >= 4 is 17.4 Å². The van der Waals surface area contributed by atoms with Crippen molar-refractivity contribution in [3.8, 4) is 0 Å². The van der Waals surface area contributed by atoms with Crippen LogP contribution in [0.5, 0.6) is 0 Å². The van der Waals surface area contributed by atoms with E-state index in [9.17, 15) is 4.79 Å². The normalized spacial score (nSPS) is 13.8. The van der Waals surface area contributed by atoms with Gasteiger partial charge in [-0.2, -0.15) is 5.32 Å². The van der Waals surface area contributed by atoms with Crippen LogP contribution >= 0.6 is 0 Å². The highest BCUT2D eigenvalue weighted by Gasteiger charge is 2.16. The molecule has 48 valence electrons. The number of fused-ring (bicyclic) bond motifs is 1. The molecule has 2 rings (SSSR count). The Morgan fingerprint density at radius 3 is 3.30 bits per heavy atom. The molecule has 1 aliphatic rings. The smallest absolute Gasteiger partial charge is 0.304 e. The van der Waals surface area contributed by atoms with Gasteiger partial charge in [-0.3, -0.25) is 0 Å². The van der Waals surface area contributed by atoms with Crippen LogP contribution < -0.4 is 10.6 Å². The van der Waals surface area contributed by atoms with E-state index in [0.717, 1.165) is 5.69 Å². The minimum atomic E-state index is -0.297. The van der Waals surface area contributed by atoms with Crippen LogP contribution in [0.4, 0.5) is 16.2 Å². The number of hydrogen-bond donors (Lipinski definition) is 1. The molecule has 0 aromatic heterocycles. The summed E-state index contributed by atoms with van der Waals surface area (Å²) in [5, 5.41) is 6.24. The predicted molar refractivity (Wildman–Crippen MR) is 36.1 cm³/mol. The molecule has 0 saturated heterocycles. The number of benzene rings is 1. The van der Waals surface area contributed by atoms with Crippen molar-refractivity contribution in [2.24, 2.45) is 0 Å². The first-order valence-corrected chi connectivity index (χ1v) is 2.89. The Labute approximate surface area is 58.1 Å². The van der Waals surface area contributed by atoms with Crippen LogP contribution in [0, 0.1) is 6.07 Å². The molecule has 0 bridgehead atoms. The van der Waals surface area contributed by atoms with Crippen molar-refractivity contribution in [1.29, 1.82) is 0 Å². The number of nitrogens with one attached hydrogen (secondary N) is 1. The van der Waals surface area contributed by atoms with Gasteiger partial charge in [0, 0.05) is 0 Å². The second-order valence-electron chi connectivity index (χ2n) is 1.99. The topological polar surface area (TPSA) is 43.2 Å². The van der Waals surface area contributed by atoms with E-state index in [0.29, 0.717) is 5.69 Å². The summed E-state index contributed by atoms with van der Waals surface area (Å²) in [6.45, 7) is 0. The van der Waals surface area contributed by atoms with Gasteiger partial charge in [0.25, 0.3) is 0 Å². The summed E-state index contributed by atoms with van der Waals surface area (Å²) in [4.78, 5) is 10.6. The maximum Gasteiger partial charge on any atom is 0.346 e. The summed E-state index contributed by atoms with van der Waals surface area (Å²) in [6.07, 6.45) is 0. The van der Waals surface area contributed by atoms with Crippen molar-refractivity contribution < 1.29 is 4.79 Å². The van der Waals surface area contributed by atoms with Crippen molar-refractivity contribution in [3.05, 3.63) is 24.3 Å². The Bertz CT molecular complexity index is 256. The van der Waals surface area contributed by atoms with Crippen molar-refractivity contribution in [1.82, 2.24) is 5.32 Å². The first-order valence-electron chi connectivity index (χ1n) is 2.89. The molecule has 0 unspecified atom stereocenters. The average molecular weight is 132 g/mol. The molecule has 10 heavy (non-hydrogen) atoms. The molecule has 0 aliphatic carbocycles. The zero-order chi connectivity index (χ0) is 6.97. The van der Waals surface area contributed by atoms with Crippen molar-refractivity contribution in [2.75, 3.05) is 5.32 Å². The highest BCUT2D eigenvalue weighted by atomic mass is 16.2. The molecule has 1 aromatic carbocycles. The third-order valence-corrected chi connectivity index (χ3v) is 1.31. The highest BCUT2D eigenvalue weighted by Crippen LogP contribution is 2.25. The molecule has 1 aliphatic heterocycles. The molecule has 0 fully saturated rings. The molecule has 1 N–H and O–H groups in total. The Hall–Kier alpha value is -1.51. The lowest BCUT2D eigenvalue weighted by atomic mass is 10.3. The van der Waals surface area contributed by atoms with Gasteiger partial charge in [-0.25, -0.2) is 4.79 Å². The number of urea groups is 1. The second-order valence-corrected chi connectivity index (χ2v) is 1.99. The Kier molecular flexibility index (Phi) is 0.917.